The van der Waals surface area contributed by atoms with Gasteiger partial charge in [-0.3, -0.25) is 9.69 Å². The third kappa shape index (κ3) is 4.06. The number of halogens is 1. The van der Waals surface area contributed by atoms with Crippen molar-refractivity contribution < 1.29 is 4.79 Å². The van der Waals surface area contributed by atoms with Crippen LogP contribution in [0.2, 0.25) is 0 Å². The molecule has 0 radical (unpaired) electrons. The van der Waals surface area contributed by atoms with Crippen molar-refractivity contribution in [2.75, 3.05) is 19.6 Å². The van der Waals surface area contributed by atoms with Crippen LogP contribution < -0.4 is 5.32 Å². The number of carbonyl (C=O) groups excluding carboxylic acids is 1. The lowest BCUT2D eigenvalue weighted by Gasteiger charge is -2.35. The summed E-state index contributed by atoms with van der Waals surface area (Å²) >= 11 is 3.42. The molecule has 1 fully saturated rings. The predicted octanol–water partition coefficient (Wildman–Crippen LogP) is 3.30. The van der Waals surface area contributed by atoms with Gasteiger partial charge in [-0.25, -0.2) is 0 Å². The van der Waals surface area contributed by atoms with Gasteiger partial charge in [-0.05, 0) is 66.8 Å². The van der Waals surface area contributed by atoms with Crippen molar-refractivity contribution in [1.29, 1.82) is 0 Å². The highest BCUT2D eigenvalue weighted by Crippen LogP contribution is 2.18. The number of likely N-dealkylation sites (tertiary alicyclic amines) is 1. The van der Waals surface area contributed by atoms with Crippen LogP contribution in [0.3, 0.4) is 0 Å². The molecule has 4 heteroatoms. The van der Waals surface area contributed by atoms with Gasteiger partial charge in [-0.15, -0.1) is 0 Å². The van der Waals surface area contributed by atoms with Crippen LogP contribution in [-0.4, -0.2) is 36.5 Å². The predicted molar refractivity (Wildman–Crippen MR) is 85.9 cm³/mol. The van der Waals surface area contributed by atoms with E-state index in [9.17, 15) is 4.79 Å². The maximum Gasteiger partial charge on any atom is 0.252 e. The number of hydrogen-bond acceptors (Lipinski definition) is 2. The molecule has 0 spiro atoms. The lowest BCUT2D eigenvalue weighted by Crippen LogP contribution is -2.45. The van der Waals surface area contributed by atoms with Crippen LogP contribution in [-0.2, 0) is 0 Å². The van der Waals surface area contributed by atoms with Crippen molar-refractivity contribution in [2.45, 2.75) is 32.7 Å². The Morgan fingerprint density at radius 1 is 1.40 bits per heavy atom. The summed E-state index contributed by atoms with van der Waals surface area (Å²) in [6, 6.07) is 7.93. The monoisotopic (exact) mass is 338 g/mol. The second kappa shape index (κ2) is 7.23. The van der Waals surface area contributed by atoms with Crippen molar-refractivity contribution in [3.05, 3.63) is 34.3 Å². The summed E-state index contributed by atoms with van der Waals surface area (Å²) in [5, 5.41) is 3.04. The van der Waals surface area contributed by atoms with Crippen LogP contribution in [0.25, 0.3) is 0 Å². The maximum atomic E-state index is 12.1. The van der Waals surface area contributed by atoms with E-state index in [1.807, 2.05) is 24.3 Å². The molecule has 3 nitrogen and oxygen atoms in total. The van der Waals surface area contributed by atoms with E-state index in [0.29, 0.717) is 18.2 Å². The Balaban J connectivity index is 1.83. The van der Waals surface area contributed by atoms with Gasteiger partial charge in [-0.1, -0.05) is 19.1 Å². The molecule has 1 heterocycles. The first-order chi connectivity index (χ1) is 9.58. The molecule has 0 saturated carbocycles. The van der Waals surface area contributed by atoms with E-state index in [1.54, 1.807) is 0 Å². The second-order valence-corrected chi connectivity index (χ2v) is 6.61. The number of amides is 1. The van der Waals surface area contributed by atoms with Gasteiger partial charge in [0.15, 0.2) is 0 Å². The summed E-state index contributed by atoms with van der Waals surface area (Å²) in [5.41, 5.74) is 0.701. The summed E-state index contributed by atoms with van der Waals surface area (Å²) in [6.45, 7) is 7.50. The number of nitrogens with one attached hydrogen (secondary N) is 1. The summed E-state index contributed by atoms with van der Waals surface area (Å²) in [4.78, 5) is 14.6. The van der Waals surface area contributed by atoms with E-state index < -0.39 is 0 Å². The van der Waals surface area contributed by atoms with Crippen molar-refractivity contribution in [3.8, 4) is 0 Å². The highest BCUT2D eigenvalue weighted by Gasteiger charge is 2.20. The fraction of sp³-hybridized carbons (Fsp3) is 0.562. The topological polar surface area (TPSA) is 32.3 Å². The number of benzene rings is 1. The zero-order valence-electron chi connectivity index (χ0n) is 12.2. The number of nitrogens with zero attached hydrogens (tertiary/aromatic N) is 1. The molecule has 1 aliphatic heterocycles. The second-order valence-electron chi connectivity index (χ2n) is 5.76. The fourth-order valence-corrected chi connectivity index (χ4v) is 3.04. The fourth-order valence-electron chi connectivity index (χ4n) is 2.58. The third-order valence-corrected chi connectivity index (χ3v) is 4.81. The van der Waals surface area contributed by atoms with E-state index >= 15 is 0 Å². The van der Waals surface area contributed by atoms with Crippen molar-refractivity contribution in [3.63, 3.8) is 0 Å². The molecule has 0 bridgehead atoms. The Kier molecular flexibility index (Phi) is 5.61. The standard InChI is InChI=1S/C16H23BrN2O/c1-12-7-9-19(10-8-12)13(2)11-18-16(20)14-5-3-4-6-15(14)17/h3-6,12-13H,7-11H2,1-2H3,(H,18,20). The number of piperidine rings is 1. The van der Waals surface area contributed by atoms with Crippen LogP contribution in [0.5, 0.6) is 0 Å². The van der Waals surface area contributed by atoms with Gasteiger partial charge < -0.3 is 5.32 Å². The Morgan fingerprint density at radius 2 is 2.05 bits per heavy atom. The lowest BCUT2D eigenvalue weighted by atomic mass is 9.98. The summed E-state index contributed by atoms with van der Waals surface area (Å²) in [7, 11) is 0. The molecule has 110 valence electrons. The number of hydrogen-bond donors (Lipinski definition) is 1. The zero-order valence-corrected chi connectivity index (χ0v) is 13.8. The van der Waals surface area contributed by atoms with E-state index in [-0.39, 0.29) is 5.91 Å². The van der Waals surface area contributed by atoms with Crippen LogP contribution in [0.1, 0.15) is 37.0 Å². The summed E-state index contributed by atoms with van der Waals surface area (Å²) in [6.07, 6.45) is 2.53. The molecule has 0 aliphatic carbocycles. The van der Waals surface area contributed by atoms with Gasteiger partial charge in [-0.2, -0.15) is 0 Å². The minimum Gasteiger partial charge on any atom is -0.350 e. The van der Waals surface area contributed by atoms with E-state index in [4.69, 9.17) is 0 Å². The molecule has 1 amide bonds. The molecule has 20 heavy (non-hydrogen) atoms. The average Bonchev–Trinajstić information content (AvgIpc) is 2.45. The van der Waals surface area contributed by atoms with Crippen LogP contribution in [0.4, 0.5) is 0 Å². The minimum atomic E-state index is -0.00491. The third-order valence-electron chi connectivity index (χ3n) is 4.12. The smallest absolute Gasteiger partial charge is 0.252 e. The number of carbonyl (C=O) groups is 1. The highest BCUT2D eigenvalue weighted by molar-refractivity contribution is 9.10. The van der Waals surface area contributed by atoms with Crippen LogP contribution in [0.15, 0.2) is 28.7 Å². The molecular weight excluding hydrogens is 316 g/mol. The number of rotatable bonds is 4. The molecule has 1 saturated heterocycles. The molecule has 1 aromatic rings. The van der Waals surface area contributed by atoms with Crippen molar-refractivity contribution in [2.24, 2.45) is 5.92 Å². The molecule has 1 N–H and O–H groups in total. The largest absolute Gasteiger partial charge is 0.350 e. The quantitative estimate of drug-likeness (QED) is 0.913. The van der Waals surface area contributed by atoms with Gasteiger partial charge in [0.1, 0.15) is 0 Å². The Morgan fingerprint density at radius 3 is 2.70 bits per heavy atom. The first kappa shape index (κ1) is 15.5. The van der Waals surface area contributed by atoms with Gasteiger partial charge >= 0.3 is 0 Å². The highest BCUT2D eigenvalue weighted by atomic mass is 79.9. The molecule has 1 aromatic carbocycles. The average molecular weight is 339 g/mol. The van der Waals surface area contributed by atoms with Gasteiger partial charge in [0.2, 0.25) is 0 Å². The van der Waals surface area contributed by atoms with E-state index in [2.05, 4.69) is 40.0 Å². The van der Waals surface area contributed by atoms with Crippen molar-refractivity contribution in [1.82, 2.24) is 10.2 Å². The first-order valence-electron chi connectivity index (χ1n) is 7.34. The lowest BCUT2D eigenvalue weighted by molar-refractivity contribution is 0.0921. The Bertz CT molecular complexity index is 456. The molecular formula is C16H23BrN2O. The normalized spacial score (nSPS) is 18.8. The molecule has 1 unspecified atom stereocenters. The zero-order chi connectivity index (χ0) is 14.5. The Labute approximate surface area is 129 Å². The summed E-state index contributed by atoms with van der Waals surface area (Å²) in [5.74, 6) is 0.836. The van der Waals surface area contributed by atoms with E-state index in [0.717, 1.165) is 23.5 Å². The minimum absolute atomic E-state index is 0.00491. The van der Waals surface area contributed by atoms with Crippen LogP contribution in [0, 0.1) is 5.92 Å². The molecule has 2 rings (SSSR count). The maximum absolute atomic E-state index is 12.1. The first-order valence-corrected chi connectivity index (χ1v) is 8.14. The van der Waals surface area contributed by atoms with Gasteiger partial charge in [0.25, 0.3) is 5.91 Å². The Hall–Kier alpha value is -0.870. The SMILES string of the molecule is CC1CCN(C(C)CNC(=O)c2ccccc2Br)CC1. The van der Waals surface area contributed by atoms with Gasteiger partial charge in [0.05, 0.1) is 5.56 Å². The summed E-state index contributed by atoms with van der Waals surface area (Å²) < 4.78 is 0.844. The van der Waals surface area contributed by atoms with Crippen LogP contribution >= 0.6 is 15.9 Å². The van der Waals surface area contributed by atoms with Crippen molar-refractivity contribution >= 4 is 21.8 Å². The molecule has 0 aromatic heterocycles. The van der Waals surface area contributed by atoms with Gasteiger partial charge in [0, 0.05) is 17.1 Å². The van der Waals surface area contributed by atoms with E-state index in [1.165, 1.54) is 12.8 Å². The molecule has 1 aliphatic rings. The molecule has 1 atom stereocenters.